The van der Waals surface area contributed by atoms with E-state index < -0.39 is 27.3 Å². The van der Waals surface area contributed by atoms with Crippen LogP contribution in [0.15, 0.2) is 24.4 Å². The minimum Gasteiger partial charge on any atom is -0.369 e. The maximum absolute atomic E-state index is 12.6. The molecule has 0 aliphatic carbocycles. The molecule has 0 radical (unpaired) electrons. The molecule has 0 bridgehead atoms. The Hall–Kier alpha value is -2.15. The monoisotopic (exact) mass is 380 g/mol. The van der Waals surface area contributed by atoms with Crippen molar-refractivity contribution in [2.45, 2.75) is 25.4 Å². The van der Waals surface area contributed by atoms with Gasteiger partial charge in [0.1, 0.15) is 11.6 Å². The number of hydrogen-bond acceptors (Lipinski definition) is 6. The molecule has 142 valence electrons. The van der Waals surface area contributed by atoms with Gasteiger partial charge in [0.25, 0.3) is 5.91 Å². The van der Waals surface area contributed by atoms with E-state index in [4.69, 9.17) is 5.73 Å². The van der Waals surface area contributed by atoms with Crippen LogP contribution in [0.25, 0.3) is 0 Å². The summed E-state index contributed by atoms with van der Waals surface area (Å²) in [5, 5.41) is 10.3. The number of rotatable bonds is 6. The zero-order valence-corrected chi connectivity index (χ0v) is 15.6. The highest BCUT2D eigenvalue weighted by molar-refractivity contribution is 7.89. The molecule has 2 heterocycles. The third kappa shape index (κ3) is 4.94. The first-order chi connectivity index (χ1) is 12.3. The van der Waals surface area contributed by atoms with E-state index in [0.29, 0.717) is 19.5 Å². The first-order valence-electron chi connectivity index (χ1n) is 8.44. The zero-order chi connectivity index (χ0) is 19.2. The normalized spacial score (nSPS) is 17.8. The van der Waals surface area contributed by atoms with Gasteiger partial charge in [-0.05, 0) is 18.6 Å². The number of piperazine rings is 1. The molecule has 1 unspecified atom stereocenters. The van der Waals surface area contributed by atoms with Gasteiger partial charge >= 0.3 is 0 Å². The van der Waals surface area contributed by atoms with Crippen LogP contribution in [0, 0.1) is 11.8 Å². The predicted octanol–water partition coefficient (Wildman–Crippen LogP) is -0.447. The summed E-state index contributed by atoms with van der Waals surface area (Å²) in [7, 11) is -3.90. The molecule has 1 saturated heterocycles. The van der Waals surface area contributed by atoms with Crippen LogP contribution in [0.1, 0.15) is 19.8 Å². The molecule has 1 atom stereocenters. The van der Waals surface area contributed by atoms with Crippen molar-refractivity contribution in [3.05, 3.63) is 24.4 Å². The van der Waals surface area contributed by atoms with Gasteiger partial charge < -0.3 is 15.7 Å². The number of anilines is 1. The van der Waals surface area contributed by atoms with E-state index in [-0.39, 0.29) is 13.1 Å². The van der Waals surface area contributed by atoms with Crippen molar-refractivity contribution >= 4 is 21.7 Å². The van der Waals surface area contributed by atoms with Gasteiger partial charge in [-0.15, -0.1) is 0 Å². The van der Waals surface area contributed by atoms with E-state index in [1.165, 1.54) is 4.31 Å². The molecule has 0 aromatic carbocycles. The largest absolute Gasteiger partial charge is 0.369 e. The van der Waals surface area contributed by atoms with Gasteiger partial charge in [-0.25, -0.2) is 13.4 Å². The van der Waals surface area contributed by atoms with Crippen LogP contribution in [-0.4, -0.2) is 66.3 Å². The second-order valence-corrected chi connectivity index (χ2v) is 8.08. The van der Waals surface area contributed by atoms with Crippen LogP contribution < -0.4 is 10.6 Å². The Morgan fingerprint density at radius 1 is 1.35 bits per heavy atom. The Morgan fingerprint density at radius 3 is 2.58 bits per heavy atom. The number of aromatic nitrogens is 1. The molecule has 1 aromatic rings. The molecule has 8 nitrogen and oxygen atoms in total. The molecule has 3 N–H and O–H groups in total. The molecule has 1 aliphatic heterocycles. The van der Waals surface area contributed by atoms with E-state index in [9.17, 15) is 18.3 Å². The first kappa shape index (κ1) is 20.2. The van der Waals surface area contributed by atoms with Crippen molar-refractivity contribution in [3.8, 4) is 11.8 Å². The molecular formula is C17H24N4O4S. The molecule has 0 saturated carbocycles. The Balaban J connectivity index is 2.06. The van der Waals surface area contributed by atoms with E-state index in [0.717, 1.165) is 12.2 Å². The number of nitrogens with two attached hydrogens (primary N) is 1. The lowest BCUT2D eigenvalue weighted by Crippen LogP contribution is -2.55. The highest BCUT2D eigenvalue weighted by Crippen LogP contribution is 2.17. The summed E-state index contributed by atoms with van der Waals surface area (Å²) in [6.45, 7) is 3.28. The van der Waals surface area contributed by atoms with Crippen molar-refractivity contribution in [1.82, 2.24) is 9.29 Å². The fourth-order valence-corrected chi connectivity index (χ4v) is 4.24. The predicted molar refractivity (Wildman–Crippen MR) is 98.6 cm³/mol. The lowest BCUT2D eigenvalue weighted by molar-refractivity contribution is -0.129. The minimum atomic E-state index is -3.90. The number of nitrogens with zero attached hydrogens (tertiary/aromatic N) is 3. The van der Waals surface area contributed by atoms with Crippen LogP contribution in [0.5, 0.6) is 0 Å². The summed E-state index contributed by atoms with van der Waals surface area (Å²) in [5.41, 5.74) is 2.81. The van der Waals surface area contributed by atoms with Crippen molar-refractivity contribution in [1.29, 1.82) is 0 Å². The van der Waals surface area contributed by atoms with Crippen molar-refractivity contribution in [2.24, 2.45) is 5.73 Å². The summed E-state index contributed by atoms with van der Waals surface area (Å²) in [4.78, 5) is 17.8. The standard InChI is InChI=1S/C17H24N4O4S/c1-2-3-5-8-17(23,16(18)22)14-26(24,25)21-12-10-20(11-13-21)15-7-4-6-9-19-15/h4,6-7,9,23H,2-3,10-14H2,1H3,(H2,18,22). The summed E-state index contributed by atoms with van der Waals surface area (Å²) >= 11 is 0. The van der Waals surface area contributed by atoms with E-state index in [1.54, 1.807) is 6.20 Å². The molecule has 1 amide bonds. The quantitative estimate of drug-likeness (QED) is 0.646. The van der Waals surface area contributed by atoms with Gasteiger partial charge in [-0.1, -0.05) is 24.8 Å². The van der Waals surface area contributed by atoms with Gasteiger partial charge in [0.15, 0.2) is 0 Å². The zero-order valence-electron chi connectivity index (χ0n) is 14.8. The molecule has 2 rings (SSSR count). The Bertz CT molecular complexity index is 780. The second-order valence-electron chi connectivity index (χ2n) is 6.11. The Kier molecular flexibility index (Phi) is 6.58. The molecule has 1 aromatic heterocycles. The number of carbonyl (C=O) groups is 1. The van der Waals surface area contributed by atoms with E-state index in [1.807, 2.05) is 30.0 Å². The number of unbranched alkanes of at least 4 members (excludes halogenated alkanes) is 1. The van der Waals surface area contributed by atoms with E-state index >= 15 is 0 Å². The molecular weight excluding hydrogens is 356 g/mol. The lowest BCUT2D eigenvalue weighted by atomic mass is 10.1. The number of carbonyl (C=O) groups excluding carboxylic acids is 1. The summed E-state index contributed by atoms with van der Waals surface area (Å²) in [6.07, 6.45) is 2.85. The second kappa shape index (κ2) is 8.49. The topological polar surface area (TPSA) is 117 Å². The third-order valence-corrected chi connectivity index (χ3v) is 6.01. The molecule has 1 aliphatic rings. The molecule has 26 heavy (non-hydrogen) atoms. The van der Waals surface area contributed by atoms with Gasteiger partial charge in [-0.3, -0.25) is 4.79 Å². The van der Waals surface area contributed by atoms with Crippen LogP contribution >= 0.6 is 0 Å². The smallest absolute Gasteiger partial charge is 0.263 e. The lowest BCUT2D eigenvalue weighted by Gasteiger charge is -2.35. The van der Waals surface area contributed by atoms with Gasteiger partial charge in [-0.2, -0.15) is 4.31 Å². The average Bonchev–Trinajstić information content (AvgIpc) is 2.62. The highest BCUT2D eigenvalue weighted by atomic mass is 32.2. The van der Waals surface area contributed by atoms with Gasteiger partial charge in [0.2, 0.25) is 15.6 Å². The SMILES string of the molecule is CCCC#CC(O)(CS(=O)(=O)N1CCN(c2ccccn2)CC1)C(N)=O. The van der Waals surface area contributed by atoms with Gasteiger partial charge in [0, 0.05) is 38.8 Å². The fraction of sp³-hybridized carbons (Fsp3) is 0.529. The van der Waals surface area contributed by atoms with Gasteiger partial charge in [0.05, 0.1) is 0 Å². The molecule has 9 heteroatoms. The molecule has 1 fully saturated rings. The van der Waals surface area contributed by atoms with E-state index in [2.05, 4.69) is 16.8 Å². The third-order valence-electron chi connectivity index (χ3n) is 4.07. The Morgan fingerprint density at radius 2 is 2.04 bits per heavy atom. The fourth-order valence-electron chi connectivity index (χ4n) is 2.59. The van der Waals surface area contributed by atoms with Crippen LogP contribution in [-0.2, 0) is 14.8 Å². The molecule has 0 spiro atoms. The first-order valence-corrected chi connectivity index (χ1v) is 10.1. The Labute approximate surface area is 154 Å². The summed E-state index contributed by atoms with van der Waals surface area (Å²) < 4.78 is 26.5. The average molecular weight is 380 g/mol. The summed E-state index contributed by atoms with van der Waals surface area (Å²) in [6, 6.07) is 5.54. The van der Waals surface area contributed by atoms with Crippen molar-refractivity contribution < 1.29 is 18.3 Å². The van der Waals surface area contributed by atoms with Crippen molar-refractivity contribution in [2.75, 3.05) is 36.8 Å². The maximum atomic E-state index is 12.6. The van der Waals surface area contributed by atoms with Crippen LogP contribution in [0.4, 0.5) is 5.82 Å². The number of primary amides is 1. The number of sulfonamides is 1. The minimum absolute atomic E-state index is 0.232. The van der Waals surface area contributed by atoms with Crippen molar-refractivity contribution in [3.63, 3.8) is 0 Å². The highest BCUT2D eigenvalue weighted by Gasteiger charge is 2.40. The number of amides is 1. The van der Waals surface area contributed by atoms with Crippen LogP contribution in [0.3, 0.4) is 0 Å². The number of pyridine rings is 1. The summed E-state index contributed by atoms with van der Waals surface area (Å²) in [5.74, 6) is 3.73. The van der Waals surface area contributed by atoms with Crippen LogP contribution in [0.2, 0.25) is 0 Å². The number of hydrogen-bond donors (Lipinski definition) is 2. The number of aliphatic hydroxyl groups is 1. The maximum Gasteiger partial charge on any atom is 0.263 e.